The van der Waals surface area contributed by atoms with Gasteiger partial charge in [0, 0.05) is 5.54 Å². The van der Waals surface area contributed by atoms with Crippen LogP contribution in [-0.4, -0.2) is 48.6 Å². The predicted molar refractivity (Wildman–Crippen MR) is 79.3 cm³/mol. The zero-order valence-corrected chi connectivity index (χ0v) is 12.9. The lowest BCUT2D eigenvalue weighted by Gasteiger charge is -2.31. The van der Waals surface area contributed by atoms with Crippen LogP contribution in [0.15, 0.2) is 0 Å². The first-order valence-electron chi connectivity index (χ1n) is 7.34. The van der Waals surface area contributed by atoms with Crippen molar-refractivity contribution in [3.63, 3.8) is 0 Å². The van der Waals surface area contributed by atoms with Gasteiger partial charge in [-0.3, -0.25) is 15.0 Å². The van der Waals surface area contributed by atoms with E-state index in [1.165, 1.54) is 0 Å². The summed E-state index contributed by atoms with van der Waals surface area (Å²) in [7, 11) is 0. The van der Waals surface area contributed by atoms with E-state index in [2.05, 4.69) is 15.5 Å². The van der Waals surface area contributed by atoms with Crippen molar-refractivity contribution < 1.29 is 9.59 Å². The van der Waals surface area contributed by atoms with Crippen molar-refractivity contribution in [1.82, 2.24) is 15.5 Å². The number of urea groups is 1. The van der Waals surface area contributed by atoms with Crippen LogP contribution in [0.2, 0.25) is 0 Å². The normalized spacial score (nSPS) is 17.8. The maximum Gasteiger partial charge on any atom is 0.321 e. The van der Waals surface area contributed by atoms with Crippen LogP contribution in [0.3, 0.4) is 0 Å². The number of carbonyl (C=O) groups excluding carboxylic acids is 2. The third kappa shape index (κ3) is 6.86. The van der Waals surface area contributed by atoms with Crippen LogP contribution in [0, 0.1) is 5.92 Å². The van der Waals surface area contributed by atoms with E-state index in [1.54, 1.807) is 0 Å². The molecular weight excluding hydrogens is 256 g/mol. The number of rotatable bonds is 4. The molecule has 1 heterocycles. The number of nitrogens with one attached hydrogen (secondary N) is 2. The molecule has 0 saturated carbocycles. The average molecular weight is 284 g/mol. The molecule has 3 amide bonds. The van der Waals surface area contributed by atoms with Gasteiger partial charge in [0.25, 0.3) is 0 Å². The lowest BCUT2D eigenvalue weighted by molar-refractivity contribution is -0.121. The van der Waals surface area contributed by atoms with Crippen LogP contribution in [0.5, 0.6) is 0 Å². The zero-order chi connectivity index (χ0) is 15.2. The highest BCUT2D eigenvalue weighted by Gasteiger charge is 2.21. The number of piperidine rings is 1. The van der Waals surface area contributed by atoms with Gasteiger partial charge in [-0.1, -0.05) is 0 Å². The average Bonchev–Trinajstić information content (AvgIpc) is 2.29. The number of hydrogen-bond donors (Lipinski definition) is 3. The third-order valence-corrected chi connectivity index (χ3v) is 3.39. The molecule has 6 nitrogen and oxygen atoms in total. The Balaban J connectivity index is 2.25. The Morgan fingerprint density at radius 3 is 2.35 bits per heavy atom. The van der Waals surface area contributed by atoms with Gasteiger partial charge in [0.05, 0.1) is 6.54 Å². The molecule has 1 saturated heterocycles. The molecule has 0 atom stereocenters. The summed E-state index contributed by atoms with van der Waals surface area (Å²) >= 11 is 0. The lowest BCUT2D eigenvalue weighted by atomic mass is 9.94. The fraction of sp³-hybridized carbons (Fsp3) is 0.857. The Kier molecular flexibility index (Phi) is 6.42. The molecule has 0 aromatic rings. The number of likely N-dealkylation sites (tertiary alicyclic amines) is 1. The highest BCUT2D eigenvalue weighted by Crippen LogP contribution is 2.19. The molecule has 116 valence electrons. The van der Waals surface area contributed by atoms with Crippen molar-refractivity contribution in [1.29, 1.82) is 0 Å². The molecular formula is C14H28N4O2. The fourth-order valence-corrected chi connectivity index (χ4v) is 2.41. The molecule has 4 N–H and O–H groups in total. The van der Waals surface area contributed by atoms with E-state index >= 15 is 0 Å². The van der Waals surface area contributed by atoms with Gasteiger partial charge in [-0.15, -0.1) is 0 Å². The van der Waals surface area contributed by atoms with Gasteiger partial charge in [0.2, 0.25) is 5.91 Å². The molecule has 1 rings (SSSR count). The van der Waals surface area contributed by atoms with Gasteiger partial charge in [0.1, 0.15) is 0 Å². The predicted octanol–water partition coefficient (Wildman–Crippen LogP) is 0.672. The summed E-state index contributed by atoms with van der Waals surface area (Å²) in [4.78, 5) is 25.4. The first kappa shape index (κ1) is 16.9. The van der Waals surface area contributed by atoms with Crippen LogP contribution in [0.1, 0.15) is 40.0 Å². The molecule has 0 unspecified atom stereocenters. The van der Waals surface area contributed by atoms with E-state index in [9.17, 15) is 9.59 Å². The Hall–Kier alpha value is -1.14. The fourth-order valence-electron chi connectivity index (χ4n) is 2.41. The Labute approximate surface area is 121 Å². The van der Waals surface area contributed by atoms with E-state index in [0.29, 0.717) is 5.92 Å². The molecule has 1 aliphatic rings. The summed E-state index contributed by atoms with van der Waals surface area (Å²) in [6.45, 7) is 8.45. The first-order chi connectivity index (χ1) is 9.30. The number of nitrogens with zero attached hydrogens (tertiary/aromatic N) is 1. The van der Waals surface area contributed by atoms with Crippen LogP contribution in [0.25, 0.3) is 0 Å². The zero-order valence-electron chi connectivity index (χ0n) is 12.9. The minimum Gasteiger partial charge on any atom is -0.333 e. The van der Waals surface area contributed by atoms with E-state index in [4.69, 9.17) is 5.73 Å². The van der Waals surface area contributed by atoms with E-state index in [-0.39, 0.29) is 18.0 Å². The minimum absolute atomic E-state index is 0.246. The molecule has 0 aliphatic carbocycles. The second kappa shape index (κ2) is 7.59. The Morgan fingerprint density at radius 1 is 1.25 bits per heavy atom. The summed E-state index contributed by atoms with van der Waals surface area (Å²) in [6, 6.07) is -0.430. The molecule has 0 aromatic carbocycles. The first-order valence-corrected chi connectivity index (χ1v) is 7.34. The van der Waals surface area contributed by atoms with Crippen LogP contribution in [0.4, 0.5) is 4.79 Å². The lowest BCUT2D eigenvalue weighted by Crippen LogP contribution is -2.51. The summed E-state index contributed by atoms with van der Waals surface area (Å²) in [5.41, 5.74) is 5.22. The number of nitrogens with two attached hydrogens (primary N) is 1. The van der Waals surface area contributed by atoms with Crippen molar-refractivity contribution >= 4 is 11.9 Å². The number of hydrogen-bond acceptors (Lipinski definition) is 4. The van der Waals surface area contributed by atoms with Crippen molar-refractivity contribution in [2.75, 3.05) is 26.2 Å². The monoisotopic (exact) mass is 284 g/mol. The highest BCUT2D eigenvalue weighted by atomic mass is 16.2. The van der Waals surface area contributed by atoms with Crippen molar-refractivity contribution in [3.05, 3.63) is 0 Å². The number of imide groups is 1. The van der Waals surface area contributed by atoms with Gasteiger partial charge >= 0.3 is 6.03 Å². The van der Waals surface area contributed by atoms with Gasteiger partial charge in [-0.25, -0.2) is 4.79 Å². The van der Waals surface area contributed by atoms with Gasteiger partial charge in [-0.2, -0.15) is 0 Å². The summed E-state index contributed by atoms with van der Waals surface area (Å²) in [5.74, 6) is 0.438. The quantitative estimate of drug-likeness (QED) is 0.708. The molecule has 0 spiro atoms. The molecule has 0 bridgehead atoms. The summed E-state index contributed by atoms with van der Waals surface area (Å²) in [5, 5.41) is 5.08. The maximum atomic E-state index is 11.8. The topological polar surface area (TPSA) is 87.5 Å². The molecule has 1 aliphatic heterocycles. The second-order valence-corrected chi connectivity index (χ2v) is 6.55. The van der Waals surface area contributed by atoms with Crippen molar-refractivity contribution in [3.8, 4) is 0 Å². The van der Waals surface area contributed by atoms with Crippen molar-refractivity contribution in [2.45, 2.75) is 45.6 Å². The van der Waals surface area contributed by atoms with Crippen LogP contribution in [-0.2, 0) is 4.79 Å². The standard InChI is InChI=1S/C14H28N4O2/c1-14(2,3)17-13(20)16-12(19)10-18-8-5-11(4-7-15)6-9-18/h11H,4-10,15H2,1-3H3,(H2,16,17,19,20). The summed E-state index contributed by atoms with van der Waals surface area (Å²) < 4.78 is 0. The number of amides is 3. The van der Waals surface area contributed by atoms with Gasteiger partial charge in [-0.05, 0) is 65.6 Å². The molecule has 1 fully saturated rings. The van der Waals surface area contributed by atoms with Gasteiger partial charge in [0.15, 0.2) is 0 Å². The van der Waals surface area contributed by atoms with E-state index in [1.807, 2.05) is 20.8 Å². The van der Waals surface area contributed by atoms with Crippen LogP contribution >= 0.6 is 0 Å². The SMILES string of the molecule is CC(C)(C)NC(=O)NC(=O)CN1CCC(CCN)CC1. The third-order valence-electron chi connectivity index (χ3n) is 3.39. The molecule has 0 radical (unpaired) electrons. The van der Waals surface area contributed by atoms with E-state index in [0.717, 1.165) is 38.9 Å². The largest absolute Gasteiger partial charge is 0.333 e. The summed E-state index contributed by atoms with van der Waals surface area (Å²) in [6.07, 6.45) is 3.23. The molecule has 0 aromatic heterocycles. The minimum atomic E-state index is -0.430. The molecule has 6 heteroatoms. The second-order valence-electron chi connectivity index (χ2n) is 6.55. The Bertz CT molecular complexity index is 331. The van der Waals surface area contributed by atoms with Crippen LogP contribution < -0.4 is 16.4 Å². The Morgan fingerprint density at radius 2 is 1.85 bits per heavy atom. The number of carbonyl (C=O) groups is 2. The highest BCUT2D eigenvalue weighted by molar-refractivity contribution is 5.95. The van der Waals surface area contributed by atoms with Gasteiger partial charge < -0.3 is 11.1 Å². The van der Waals surface area contributed by atoms with E-state index < -0.39 is 6.03 Å². The molecule has 20 heavy (non-hydrogen) atoms. The van der Waals surface area contributed by atoms with Crippen molar-refractivity contribution in [2.24, 2.45) is 11.7 Å². The maximum absolute atomic E-state index is 11.8. The smallest absolute Gasteiger partial charge is 0.321 e.